The maximum Gasteiger partial charge on any atom is 0.251 e. The van der Waals surface area contributed by atoms with E-state index >= 15 is 0 Å². The topological polar surface area (TPSA) is 49.3 Å². The number of hydrogen-bond acceptors (Lipinski definition) is 2. The van der Waals surface area contributed by atoms with E-state index in [1.54, 1.807) is 32.0 Å². The van der Waals surface area contributed by atoms with E-state index in [-0.39, 0.29) is 11.5 Å². The number of carbonyl (C=O) groups excluding carboxylic acids is 1. The van der Waals surface area contributed by atoms with Crippen molar-refractivity contribution in [3.63, 3.8) is 0 Å². The number of rotatable bonds is 4. The van der Waals surface area contributed by atoms with Gasteiger partial charge in [-0.25, -0.2) is 8.78 Å². The van der Waals surface area contributed by atoms with Gasteiger partial charge in [0.2, 0.25) is 0 Å². The molecule has 0 aliphatic rings. The zero-order valence-electron chi connectivity index (χ0n) is 12.6. The smallest absolute Gasteiger partial charge is 0.251 e. The Labute approximate surface area is 137 Å². The molecule has 0 saturated heterocycles. The second kappa shape index (κ2) is 7.06. The maximum atomic E-state index is 13.2. The Morgan fingerprint density at radius 3 is 2.48 bits per heavy atom. The van der Waals surface area contributed by atoms with Crippen molar-refractivity contribution >= 4 is 17.5 Å². The summed E-state index contributed by atoms with van der Waals surface area (Å²) in [7, 11) is 0. The predicted molar refractivity (Wildman–Crippen MR) is 84.4 cm³/mol. The summed E-state index contributed by atoms with van der Waals surface area (Å²) in [5.74, 6) is -2.42. The van der Waals surface area contributed by atoms with E-state index < -0.39 is 23.8 Å². The van der Waals surface area contributed by atoms with E-state index in [4.69, 9.17) is 11.6 Å². The molecule has 0 aliphatic heterocycles. The highest BCUT2D eigenvalue weighted by Crippen LogP contribution is 2.20. The van der Waals surface area contributed by atoms with Gasteiger partial charge in [-0.3, -0.25) is 4.79 Å². The van der Waals surface area contributed by atoms with Crippen LogP contribution in [0.4, 0.5) is 8.78 Å². The molecular weight excluding hydrogens is 324 g/mol. The molecule has 0 bridgehead atoms. The molecule has 0 saturated carbocycles. The Balaban J connectivity index is 2.12. The van der Waals surface area contributed by atoms with Gasteiger partial charge in [0.05, 0.1) is 12.1 Å². The Kier molecular flexibility index (Phi) is 5.34. The summed E-state index contributed by atoms with van der Waals surface area (Å²) >= 11 is 5.85. The molecule has 0 heterocycles. The first-order valence-corrected chi connectivity index (χ1v) is 7.37. The lowest BCUT2D eigenvalue weighted by molar-refractivity contribution is 0.0851. The Morgan fingerprint density at radius 1 is 1.17 bits per heavy atom. The van der Waals surface area contributed by atoms with Crippen molar-refractivity contribution in [2.24, 2.45) is 0 Å². The fourth-order valence-electron chi connectivity index (χ4n) is 2.23. The first-order chi connectivity index (χ1) is 10.8. The normalized spacial score (nSPS) is 13.5. The van der Waals surface area contributed by atoms with Crippen molar-refractivity contribution in [1.82, 2.24) is 5.32 Å². The number of amides is 1. The minimum atomic E-state index is -1.17. The molecular formula is C17H16ClF2NO2. The lowest BCUT2D eigenvalue weighted by Gasteiger charge is -2.21. The summed E-state index contributed by atoms with van der Waals surface area (Å²) in [4.78, 5) is 12.2. The molecule has 2 rings (SSSR count). The van der Waals surface area contributed by atoms with Crippen LogP contribution in [0.5, 0.6) is 0 Å². The molecule has 23 heavy (non-hydrogen) atoms. The fourth-order valence-corrected chi connectivity index (χ4v) is 2.46. The third-order valence-electron chi connectivity index (χ3n) is 3.55. The number of hydrogen-bond donors (Lipinski definition) is 2. The number of nitrogens with one attached hydrogen (secondary N) is 1. The van der Waals surface area contributed by atoms with Crippen molar-refractivity contribution in [2.45, 2.75) is 26.0 Å². The molecule has 2 aromatic rings. The molecule has 0 spiro atoms. The number of benzene rings is 2. The average Bonchev–Trinajstić information content (AvgIpc) is 2.49. The third kappa shape index (κ3) is 4.06. The largest absolute Gasteiger partial charge is 0.386 e. The summed E-state index contributed by atoms with van der Waals surface area (Å²) < 4.78 is 26.2. The van der Waals surface area contributed by atoms with E-state index in [0.29, 0.717) is 16.1 Å². The maximum absolute atomic E-state index is 13.2. The first-order valence-electron chi connectivity index (χ1n) is 6.99. The molecule has 1 amide bonds. The molecule has 6 heteroatoms. The summed E-state index contributed by atoms with van der Waals surface area (Å²) in [5.41, 5.74) is 1.31. The zero-order valence-corrected chi connectivity index (χ0v) is 13.4. The fraction of sp³-hybridized carbons (Fsp3) is 0.235. The number of aliphatic hydroxyl groups excluding tert-OH is 1. The van der Waals surface area contributed by atoms with Crippen molar-refractivity contribution in [3.05, 3.63) is 69.7 Å². The summed E-state index contributed by atoms with van der Waals surface area (Å²) in [5, 5.41) is 13.4. The highest BCUT2D eigenvalue weighted by Gasteiger charge is 2.21. The monoisotopic (exact) mass is 339 g/mol. The van der Waals surface area contributed by atoms with Crippen LogP contribution in [0, 0.1) is 18.6 Å². The van der Waals surface area contributed by atoms with Crippen LogP contribution < -0.4 is 5.32 Å². The van der Waals surface area contributed by atoms with E-state index in [9.17, 15) is 18.7 Å². The van der Waals surface area contributed by atoms with Gasteiger partial charge < -0.3 is 10.4 Å². The van der Waals surface area contributed by atoms with Gasteiger partial charge in [-0.15, -0.1) is 0 Å². The number of aryl methyl sites for hydroxylation is 1. The lowest BCUT2D eigenvalue weighted by Crippen LogP contribution is -2.37. The summed E-state index contributed by atoms with van der Waals surface area (Å²) in [6, 6.07) is 7.28. The van der Waals surface area contributed by atoms with Gasteiger partial charge in [-0.05, 0) is 55.3 Å². The van der Waals surface area contributed by atoms with Crippen LogP contribution in [0.3, 0.4) is 0 Å². The molecule has 2 N–H and O–H groups in total. The van der Waals surface area contributed by atoms with E-state index in [1.807, 2.05) is 0 Å². The quantitative estimate of drug-likeness (QED) is 0.890. The van der Waals surface area contributed by atoms with Crippen LogP contribution >= 0.6 is 11.6 Å². The van der Waals surface area contributed by atoms with E-state index in [0.717, 1.165) is 12.1 Å². The minimum Gasteiger partial charge on any atom is -0.386 e. The Morgan fingerprint density at radius 2 is 1.87 bits per heavy atom. The zero-order chi connectivity index (χ0) is 17.1. The second-order valence-corrected chi connectivity index (χ2v) is 5.78. The lowest BCUT2D eigenvalue weighted by atomic mass is 10.0. The third-order valence-corrected chi connectivity index (χ3v) is 3.79. The molecule has 2 atom stereocenters. The molecule has 0 fully saturated rings. The van der Waals surface area contributed by atoms with Crippen LogP contribution in [0.1, 0.15) is 34.5 Å². The Bertz CT molecular complexity index is 737. The van der Waals surface area contributed by atoms with Gasteiger partial charge in [0, 0.05) is 10.6 Å². The van der Waals surface area contributed by atoms with E-state index in [1.165, 1.54) is 6.07 Å². The van der Waals surface area contributed by atoms with Gasteiger partial charge in [0.15, 0.2) is 11.6 Å². The standard InChI is InChI=1S/C17H16ClF2NO2/c1-9-7-12(18)4-5-13(9)17(23)21-10(2)16(22)11-3-6-14(19)15(20)8-11/h3-8,10,16,22H,1-2H3,(H,21,23). The van der Waals surface area contributed by atoms with Crippen molar-refractivity contribution < 1.29 is 18.7 Å². The number of carbonyl (C=O) groups is 1. The van der Waals surface area contributed by atoms with Crippen LogP contribution in [-0.2, 0) is 0 Å². The second-order valence-electron chi connectivity index (χ2n) is 5.34. The minimum absolute atomic E-state index is 0.185. The van der Waals surface area contributed by atoms with Crippen molar-refractivity contribution in [2.75, 3.05) is 0 Å². The molecule has 122 valence electrons. The van der Waals surface area contributed by atoms with Gasteiger partial charge in [0.25, 0.3) is 5.91 Å². The summed E-state index contributed by atoms with van der Waals surface area (Å²) in [6.07, 6.45) is -1.17. The molecule has 0 radical (unpaired) electrons. The molecule has 2 unspecified atom stereocenters. The number of halogens is 3. The molecule has 3 nitrogen and oxygen atoms in total. The van der Waals surface area contributed by atoms with E-state index in [2.05, 4.69) is 5.32 Å². The van der Waals surface area contributed by atoms with Crippen LogP contribution in [0.15, 0.2) is 36.4 Å². The van der Waals surface area contributed by atoms with Gasteiger partial charge in [-0.2, -0.15) is 0 Å². The average molecular weight is 340 g/mol. The highest BCUT2D eigenvalue weighted by molar-refractivity contribution is 6.30. The SMILES string of the molecule is Cc1cc(Cl)ccc1C(=O)NC(C)C(O)c1ccc(F)c(F)c1. The number of aliphatic hydroxyl groups is 1. The van der Waals surface area contributed by atoms with Gasteiger partial charge in [0.1, 0.15) is 0 Å². The van der Waals surface area contributed by atoms with Crippen molar-refractivity contribution in [3.8, 4) is 0 Å². The molecule has 2 aromatic carbocycles. The highest BCUT2D eigenvalue weighted by atomic mass is 35.5. The van der Waals surface area contributed by atoms with Gasteiger partial charge in [-0.1, -0.05) is 17.7 Å². The van der Waals surface area contributed by atoms with Crippen LogP contribution in [-0.4, -0.2) is 17.1 Å². The van der Waals surface area contributed by atoms with Gasteiger partial charge >= 0.3 is 0 Å². The first kappa shape index (κ1) is 17.4. The molecule has 0 aliphatic carbocycles. The van der Waals surface area contributed by atoms with Crippen molar-refractivity contribution in [1.29, 1.82) is 0 Å². The predicted octanol–water partition coefficient (Wildman–Crippen LogP) is 3.78. The van der Waals surface area contributed by atoms with Crippen LogP contribution in [0.25, 0.3) is 0 Å². The van der Waals surface area contributed by atoms with Crippen LogP contribution in [0.2, 0.25) is 5.02 Å². The summed E-state index contributed by atoms with van der Waals surface area (Å²) in [6.45, 7) is 3.33. The Hall–Kier alpha value is -1.98. The molecule has 0 aromatic heterocycles.